The summed E-state index contributed by atoms with van der Waals surface area (Å²) >= 11 is 6.10. The molecule has 0 aliphatic carbocycles. The average Bonchev–Trinajstić information content (AvgIpc) is 2.55. The lowest BCUT2D eigenvalue weighted by Crippen LogP contribution is -2.47. The van der Waals surface area contributed by atoms with Crippen molar-refractivity contribution in [2.75, 3.05) is 31.6 Å². The molecule has 1 aliphatic rings. The number of hydrogen-bond donors (Lipinski definition) is 0. The number of likely N-dealkylation sites (N-methyl/N-ethyl adjacent to an activating group) is 1. The number of piperazine rings is 1. The maximum atomic E-state index is 6.10. The third kappa shape index (κ3) is 3.04. The van der Waals surface area contributed by atoms with Gasteiger partial charge in [-0.2, -0.15) is 0 Å². The predicted molar refractivity (Wildman–Crippen MR) is 87.8 cm³/mol. The van der Waals surface area contributed by atoms with Crippen LogP contribution in [-0.4, -0.2) is 36.6 Å². The number of hydrogen-bond acceptors (Lipinski definition) is 3. The van der Waals surface area contributed by atoms with Gasteiger partial charge < -0.3 is 9.80 Å². The highest BCUT2D eigenvalue weighted by molar-refractivity contribution is 6.17. The summed E-state index contributed by atoms with van der Waals surface area (Å²) in [4.78, 5) is 9.37. The van der Waals surface area contributed by atoms with E-state index in [-0.39, 0.29) is 0 Å². The van der Waals surface area contributed by atoms with Gasteiger partial charge in [0.25, 0.3) is 0 Å². The summed E-state index contributed by atoms with van der Waals surface area (Å²) in [5.74, 6) is 1.52. The summed E-state index contributed by atoms with van der Waals surface area (Å²) in [6.45, 7) is 3.01. The maximum Gasteiger partial charge on any atom is 0.133 e. The Bertz CT molecular complexity index is 588. The van der Waals surface area contributed by atoms with Crippen molar-refractivity contribution < 1.29 is 0 Å². The molecule has 1 aromatic carbocycles. The van der Waals surface area contributed by atoms with Gasteiger partial charge in [-0.3, -0.25) is 0 Å². The molecule has 2 heterocycles. The normalized spacial score (nSPS) is 19.7. The Hall–Kier alpha value is -1.58. The molecule has 21 heavy (non-hydrogen) atoms. The molecule has 110 valence electrons. The minimum absolute atomic E-state index is 0.321. The number of alkyl halides is 1. The second-order valence-corrected chi connectivity index (χ2v) is 5.77. The van der Waals surface area contributed by atoms with E-state index in [0.29, 0.717) is 11.9 Å². The lowest BCUT2D eigenvalue weighted by Gasteiger charge is -2.41. The Labute approximate surface area is 131 Å². The third-order valence-electron chi connectivity index (χ3n) is 4.05. The van der Waals surface area contributed by atoms with Gasteiger partial charge in [0.1, 0.15) is 5.82 Å². The average molecular weight is 302 g/mol. The van der Waals surface area contributed by atoms with E-state index in [1.165, 1.54) is 5.56 Å². The number of aromatic nitrogens is 1. The number of nitrogens with zero attached hydrogens (tertiary/aromatic N) is 3. The van der Waals surface area contributed by atoms with Crippen LogP contribution in [0, 0.1) is 0 Å². The van der Waals surface area contributed by atoms with Crippen LogP contribution in [0.15, 0.2) is 48.7 Å². The number of anilines is 1. The van der Waals surface area contributed by atoms with Gasteiger partial charge in [-0.15, -0.1) is 11.6 Å². The van der Waals surface area contributed by atoms with Crippen LogP contribution in [0.5, 0.6) is 0 Å². The van der Waals surface area contributed by atoms with Crippen molar-refractivity contribution in [3.05, 3.63) is 59.8 Å². The fourth-order valence-corrected chi connectivity index (χ4v) is 3.14. The Kier molecular flexibility index (Phi) is 4.42. The summed E-state index contributed by atoms with van der Waals surface area (Å²) in [6, 6.07) is 15.0. The van der Waals surface area contributed by atoms with Crippen LogP contribution in [0.4, 0.5) is 5.82 Å². The highest BCUT2D eigenvalue weighted by atomic mass is 35.5. The lowest BCUT2D eigenvalue weighted by atomic mass is 10.0. The van der Waals surface area contributed by atoms with Crippen molar-refractivity contribution in [2.24, 2.45) is 0 Å². The highest BCUT2D eigenvalue weighted by Gasteiger charge is 2.28. The van der Waals surface area contributed by atoms with Crippen molar-refractivity contribution in [3.8, 4) is 0 Å². The first kappa shape index (κ1) is 14.4. The molecule has 1 saturated heterocycles. The minimum Gasteiger partial charge on any atom is -0.347 e. The van der Waals surface area contributed by atoms with E-state index in [2.05, 4.69) is 58.2 Å². The first-order valence-corrected chi connectivity index (χ1v) is 7.83. The van der Waals surface area contributed by atoms with Crippen molar-refractivity contribution >= 4 is 17.4 Å². The molecular formula is C17H20ClN3. The Morgan fingerprint density at radius 3 is 2.71 bits per heavy atom. The highest BCUT2D eigenvalue weighted by Crippen LogP contribution is 2.31. The smallest absolute Gasteiger partial charge is 0.133 e. The van der Waals surface area contributed by atoms with Gasteiger partial charge >= 0.3 is 0 Å². The van der Waals surface area contributed by atoms with Crippen LogP contribution in [0.3, 0.4) is 0 Å². The second-order valence-electron chi connectivity index (χ2n) is 5.50. The van der Waals surface area contributed by atoms with Gasteiger partial charge in [-0.25, -0.2) is 4.98 Å². The van der Waals surface area contributed by atoms with Gasteiger partial charge in [0.05, 0.1) is 11.9 Å². The van der Waals surface area contributed by atoms with Crippen LogP contribution in [-0.2, 0) is 5.88 Å². The summed E-state index contributed by atoms with van der Waals surface area (Å²) in [7, 11) is 2.17. The zero-order valence-corrected chi connectivity index (χ0v) is 13.0. The topological polar surface area (TPSA) is 19.4 Å². The van der Waals surface area contributed by atoms with E-state index in [4.69, 9.17) is 11.6 Å². The molecule has 4 heteroatoms. The molecular weight excluding hydrogens is 282 g/mol. The van der Waals surface area contributed by atoms with Crippen LogP contribution in [0.1, 0.15) is 17.2 Å². The van der Waals surface area contributed by atoms with E-state index >= 15 is 0 Å². The molecule has 0 radical (unpaired) electrons. The van der Waals surface area contributed by atoms with Crippen molar-refractivity contribution in [3.63, 3.8) is 0 Å². The van der Waals surface area contributed by atoms with Crippen LogP contribution in [0.2, 0.25) is 0 Å². The molecule has 1 atom stereocenters. The molecule has 0 saturated carbocycles. The maximum absolute atomic E-state index is 6.10. The largest absolute Gasteiger partial charge is 0.347 e. The van der Waals surface area contributed by atoms with Gasteiger partial charge in [0.2, 0.25) is 0 Å². The van der Waals surface area contributed by atoms with Gasteiger partial charge in [-0.05, 0) is 18.7 Å². The molecule has 3 rings (SSSR count). The van der Waals surface area contributed by atoms with Crippen LogP contribution in [0.25, 0.3) is 0 Å². The zero-order valence-electron chi connectivity index (χ0n) is 12.2. The first-order valence-electron chi connectivity index (χ1n) is 7.29. The van der Waals surface area contributed by atoms with Crippen molar-refractivity contribution in [2.45, 2.75) is 11.9 Å². The van der Waals surface area contributed by atoms with Gasteiger partial charge in [0, 0.05) is 31.4 Å². The SMILES string of the molecule is CN1CCN(c2ncccc2CCl)C(c2ccccc2)C1. The Morgan fingerprint density at radius 2 is 1.95 bits per heavy atom. The number of pyridine rings is 1. The van der Waals surface area contributed by atoms with Crippen molar-refractivity contribution in [1.29, 1.82) is 0 Å². The fourth-order valence-electron chi connectivity index (χ4n) is 2.93. The minimum atomic E-state index is 0.321. The lowest BCUT2D eigenvalue weighted by molar-refractivity contribution is 0.268. The second kappa shape index (κ2) is 6.46. The molecule has 0 spiro atoms. The van der Waals surface area contributed by atoms with E-state index in [1.54, 1.807) is 0 Å². The van der Waals surface area contributed by atoms with Gasteiger partial charge in [-0.1, -0.05) is 36.4 Å². The van der Waals surface area contributed by atoms with E-state index in [9.17, 15) is 0 Å². The quantitative estimate of drug-likeness (QED) is 0.811. The molecule has 3 nitrogen and oxygen atoms in total. The molecule has 1 aliphatic heterocycles. The van der Waals surface area contributed by atoms with E-state index < -0.39 is 0 Å². The predicted octanol–water partition coefficient (Wildman–Crippen LogP) is 3.31. The summed E-state index contributed by atoms with van der Waals surface area (Å²) in [5.41, 5.74) is 2.43. The van der Waals surface area contributed by atoms with Crippen molar-refractivity contribution in [1.82, 2.24) is 9.88 Å². The molecule has 1 fully saturated rings. The van der Waals surface area contributed by atoms with E-state index in [1.807, 2.05) is 12.3 Å². The fraction of sp³-hybridized carbons (Fsp3) is 0.353. The summed E-state index contributed by atoms with van der Waals surface area (Å²) < 4.78 is 0. The van der Waals surface area contributed by atoms with E-state index in [0.717, 1.165) is 31.0 Å². The number of halogens is 1. The standard InChI is InChI=1S/C17H20ClN3/c1-20-10-11-21(17-15(12-18)8-5-9-19-17)16(13-20)14-6-3-2-4-7-14/h2-9,16H,10-13H2,1H3. The first-order chi connectivity index (χ1) is 10.3. The molecule has 1 unspecified atom stereocenters. The zero-order chi connectivity index (χ0) is 14.7. The number of rotatable bonds is 3. The summed E-state index contributed by atoms with van der Waals surface area (Å²) in [5, 5.41) is 0. The molecule has 1 aromatic heterocycles. The number of benzene rings is 1. The Morgan fingerprint density at radius 1 is 1.14 bits per heavy atom. The molecule has 2 aromatic rings. The van der Waals surface area contributed by atoms with Crippen LogP contribution >= 0.6 is 11.6 Å². The summed E-state index contributed by atoms with van der Waals surface area (Å²) in [6.07, 6.45) is 1.85. The third-order valence-corrected chi connectivity index (χ3v) is 4.34. The van der Waals surface area contributed by atoms with Crippen LogP contribution < -0.4 is 4.90 Å². The monoisotopic (exact) mass is 301 g/mol. The molecule has 0 bridgehead atoms. The van der Waals surface area contributed by atoms with Gasteiger partial charge in [0.15, 0.2) is 0 Å². The molecule has 0 amide bonds. The Balaban J connectivity index is 1.98. The molecule has 0 N–H and O–H groups in total.